The van der Waals surface area contributed by atoms with E-state index in [1.54, 1.807) is 17.6 Å². The van der Waals surface area contributed by atoms with Crippen molar-refractivity contribution in [3.05, 3.63) is 29.8 Å². The summed E-state index contributed by atoms with van der Waals surface area (Å²) < 4.78 is 5.06. The minimum Gasteiger partial charge on any atom is -0.464 e. The van der Waals surface area contributed by atoms with Crippen LogP contribution in [-0.4, -0.2) is 41.4 Å². The second-order valence-electron chi connectivity index (χ2n) is 4.26. The second-order valence-corrected chi connectivity index (χ2v) is 4.26. The van der Waals surface area contributed by atoms with Gasteiger partial charge in [-0.1, -0.05) is 17.3 Å². The number of esters is 1. The summed E-state index contributed by atoms with van der Waals surface area (Å²) in [7, 11) is 1.20. The van der Waals surface area contributed by atoms with Crippen molar-refractivity contribution in [2.24, 2.45) is 5.16 Å². The molecular formula is C13H12N2O7. The average molecular weight is 308 g/mol. The Morgan fingerprint density at radius 2 is 2.05 bits per heavy atom. The number of nitrogens with one attached hydrogen (secondary N) is 1. The lowest BCUT2D eigenvalue weighted by molar-refractivity contribution is -0.155. The Balaban J connectivity index is 2.57. The summed E-state index contributed by atoms with van der Waals surface area (Å²) in [4.78, 5) is 45.0. The van der Waals surface area contributed by atoms with Crippen LogP contribution in [0.2, 0.25) is 0 Å². The second kappa shape index (κ2) is 5.82. The van der Waals surface area contributed by atoms with Crippen molar-refractivity contribution in [2.75, 3.05) is 7.11 Å². The normalized spacial score (nSPS) is 20.9. The zero-order chi connectivity index (χ0) is 16.3. The molecule has 0 saturated heterocycles. The van der Waals surface area contributed by atoms with Gasteiger partial charge in [0, 0.05) is 0 Å². The summed E-state index contributed by atoms with van der Waals surface area (Å²) in [6.07, 6.45) is -1.59. The van der Waals surface area contributed by atoms with Crippen molar-refractivity contribution in [2.45, 2.75) is 12.5 Å². The number of carbonyl (C=O) groups is 3. The number of para-hydroxylation sites is 1. The third-order valence-corrected chi connectivity index (χ3v) is 2.97. The van der Waals surface area contributed by atoms with Crippen LogP contribution in [0.5, 0.6) is 5.75 Å². The van der Waals surface area contributed by atoms with Crippen molar-refractivity contribution in [3.63, 3.8) is 0 Å². The minimum atomic E-state index is -2.39. The molecule has 1 aliphatic rings. The Labute approximate surface area is 124 Å². The van der Waals surface area contributed by atoms with Crippen LogP contribution in [0.25, 0.3) is 0 Å². The highest BCUT2D eigenvalue weighted by molar-refractivity contribution is 6.34. The van der Waals surface area contributed by atoms with Gasteiger partial charge in [0.05, 0.1) is 5.56 Å². The number of carboxylic acid groups (broad SMARTS) is 1. The largest absolute Gasteiger partial charge is 0.464 e. The first-order chi connectivity index (χ1) is 10.4. The van der Waals surface area contributed by atoms with Crippen LogP contribution in [0, 0.1) is 0 Å². The SMILES string of the molecule is CON=C(C)C1(ONC(=O)O)C(=O)Oc2ccccc2C1=O. The van der Waals surface area contributed by atoms with E-state index in [0.717, 1.165) is 0 Å². The van der Waals surface area contributed by atoms with E-state index in [1.807, 2.05) is 0 Å². The lowest BCUT2D eigenvalue weighted by Gasteiger charge is -2.32. The van der Waals surface area contributed by atoms with Crippen molar-refractivity contribution in [3.8, 4) is 5.75 Å². The molecule has 0 radical (unpaired) electrons. The van der Waals surface area contributed by atoms with Gasteiger partial charge in [0.1, 0.15) is 18.6 Å². The smallest absolute Gasteiger partial charge is 0.428 e. The number of ether oxygens (including phenoxy) is 1. The van der Waals surface area contributed by atoms with Crippen LogP contribution < -0.4 is 10.2 Å². The standard InChI is InChI=1S/C13H12N2O7/c1-7(14-20-2)13(22-15-12(18)19)10(16)8-5-3-4-6-9(8)21-11(13)17/h3-6,15H,1-2H3,(H,18,19). The van der Waals surface area contributed by atoms with E-state index in [9.17, 15) is 14.4 Å². The molecule has 2 N–H and O–H groups in total. The zero-order valence-electron chi connectivity index (χ0n) is 11.7. The van der Waals surface area contributed by atoms with Crippen LogP contribution in [-0.2, 0) is 14.5 Å². The quantitative estimate of drug-likeness (QED) is 0.276. The van der Waals surface area contributed by atoms with Gasteiger partial charge >= 0.3 is 12.1 Å². The molecule has 9 nitrogen and oxygen atoms in total. The van der Waals surface area contributed by atoms with Gasteiger partial charge in [0.25, 0.3) is 5.60 Å². The first-order valence-electron chi connectivity index (χ1n) is 6.04. The molecule has 0 fully saturated rings. The summed E-state index contributed by atoms with van der Waals surface area (Å²) in [5.41, 5.74) is -1.000. The highest BCUT2D eigenvalue weighted by atomic mass is 16.7. The van der Waals surface area contributed by atoms with Crippen LogP contribution in [0.3, 0.4) is 0 Å². The maximum atomic E-state index is 12.7. The monoisotopic (exact) mass is 308 g/mol. The molecule has 1 aliphatic heterocycles. The molecule has 1 amide bonds. The Morgan fingerprint density at radius 3 is 2.68 bits per heavy atom. The fraction of sp³-hybridized carbons (Fsp3) is 0.231. The number of benzene rings is 1. The van der Waals surface area contributed by atoms with Crippen molar-refractivity contribution >= 4 is 23.6 Å². The molecule has 0 spiro atoms. The Hall–Kier alpha value is -2.94. The summed E-state index contributed by atoms with van der Waals surface area (Å²) >= 11 is 0. The topological polar surface area (TPSA) is 124 Å². The van der Waals surface area contributed by atoms with Crippen molar-refractivity contribution in [1.82, 2.24) is 5.48 Å². The van der Waals surface area contributed by atoms with E-state index in [4.69, 9.17) is 14.7 Å². The highest BCUT2D eigenvalue weighted by Gasteiger charge is 2.57. The van der Waals surface area contributed by atoms with Gasteiger partial charge in [-0.05, 0) is 19.1 Å². The van der Waals surface area contributed by atoms with Gasteiger partial charge < -0.3 is 14.7 Å². The minimum absolute atomic E-state index is 0.0530. The lowest BCUT2D eigenvalue weighted by atomic mass is 9.86. The van der Waals surface area contributed by atoms with E-state index in [-0.39, 0.29) is 17.0 Å². The molecule has 1 unspecified atom stereocenters. The van der Waals surface area contributed by atoms with Crippen LogP contribution >= 0.6 is 0 Å². The molecule has 116 valence electrons. The number of carbonyl (C=O) groups excluding carboxylic acids is 2. The molecule has 0 aliphatic carbocycles. The fourth-order valence-electron chi connectivity index (χ4n) is 1.99. The molecule has 1 heterocycles. The predicted octanol–water partition coefficient (Wildman–Crippen LogP) is 0.749. The van der Waals surface area contributed by atoms with E-state index in [2.05, 4.69) is 9.99 Å². The van der Waals surface area contributed by atoms with Gasteiger partial charge in [-0.15, -0.1) is 0 Å². The van der Waals surface area contributed by atoms with Crippen molar-refractivity contribution < 1.29 is 33.9 Å². The third kappa shape index (κ3) is 2.37. The van der Waals surface area contributed by atoms with Crippen molar-refractivity contribution in [1.29, 1.82) is 0 Å². The van der Waals surface area contributed by atoms with E-state index >= 15 is 0 Å². The summed E-state index contributed by atoms with van der Waals surface area (Å²) in [5.74, 6) is -1.88. The number of nitrogens with zero attached hydrogens (tertiary/aromatic N) is 1. The Bertz CT molecular complexity index is 670. The van der Waals surface area contributed by atoms with E-state index in [1.165, 1.54) is 26.2 Å². The number of hydrogen-bond acceptors (Lipinski definition) is 7. The fourth-order valence-corrected chi connectivity index (χ4v) is 1.99. The van der Waals surface area contributed by atoms with Gasteiger partial charge in [0.2, 0.25) is 5.78 Å². The number of Topliss-reactive ketones (excluding diaryl/α,β-unsaturated/α-hetero) is 1. The first kappa shape index (κ1) is 15.4. The van der Waals surface area contributed by atoms with E-state index in [0.29, 0.717) is 0 Å². The summed E-state index contributed by atoms with van der Waals surface area (Å²) in [5, 5.41) is 12.2. The zero-order valence-corrected chi connectivity index (χ0v) is 11.7. The third-order valence-electron chi connectivity index (χ3n) is 2.97. The van der Waals surface area contributed by atoms with Gasteiger partial charge in [-0.25, -0.2) is 14.4 Å². The Kier molecular flexibility index (Phi) is 4.08. The number of ketones is 1. The molecule has 1 atom stereocenters. The van der Waals surface area contributed by atoms with Gasteiger partial charge in [-0.3, -0.25) is 4.79 Å². The number of rotatable bonds is 4. The maximum absolute atomic E-state index is 12.7. The van der Waals surface area contributed by atoms with Crippen LogP contribution in [0.1, 0.15) is 17.3 Å². The molecule has 2 rings (SSSR count). The lowest BCUT2D eigenvalue weighted by Crippen LogP contribution is -2.61. The number of oxime groups is 1. The maximum Gasteiger partial charge on any atom is 0.428 e. The van der Waals surface area contributed by atoms with E-state index < -0.39 is 23.4 Å². The number of hydrogen-bond donors (Lipinski definition) is 2. The number of hydroxylamine groups is 1. The Morgan fingerprint density at radius 1 is 1.36 bits per heavy atom. The molecule has 0 aromatic heterocycles. The first-order valence-corrected chi connectivity index (χ1v) is 6.04. The molecular weight excluding hydrogens is 296 g/mol. The van der Waals surface area contributed by atoms with Gasteiger partial charge in [-0.2, -0.15) is 5.48 Å². The summed E-state index contributed by atoms with van der Waals surface area (Å²) in [6.45, 7) is 1.28. The van der Waals surface area contributed by atoms with Crippen LogP contribution in [0.15, 0.2) is 29.4 Å². The molecule has 0 saturated carbocycles. The molecule has 22 heavy (non-hydrogen) atoms. The predicted molar refractivity (Wildman–Crippen MR) is 71.5 cm³/mol. The molecule has 9 heteroatoms. The van der Waals surface area contributed by atoms with Gasteiger partial charge in [0.15, 0.2) is 0 Å². The number of amides is 1. The average Bonchev–Trinajstić information content (AvgIpc) is 2.47. The van der Waals surface area contributed by atoms with Crippen LogP contribution in [0.4, 0.5) is 4.79 Å². The summed E-state index contributed by atoms with van der Waals surface area (Å²) in [6, 6.07) is 6.00. The highest BCUT2D eigenvalue weighted by Crippen LogP contribution is 2.33. The molecule has 1 aromatic rings. The molecule has 1 aromatic carbocycles. The molecule has 0 bridgehead atoms. The number of fused-ring (bicyclic) bond motifs is 1.